The predicted molar refractivity (Wildman–Crippen MR) is 64.0 cm³/mol. The number of hydrogen-bond acceptors (Lipinski definition) is 1. The molecule has 0 heterocycles. The molecule has 0 aromatic heterocycles. The van der Waals surface area contributed by atoms with Crippen molar-refractivity contribution in [3.63, 3.8) is 0 Å². The zero-order valence-electron chi connectivity index (χ0n) is 9.53. The second-order valence-electron chi connectivity index (χ2n) is 3.42. The topological polar surface area (TPSA) is 20.3 Å². The summed E-state index contributed by atoms with van der Waals surface area (Å²) < 4.78 is 0. The maximum absolute atomic E-state index is 11.5. The minimum atomic E-state index is 0.00162. The second-order valence-corrected chi connectivity index (χ2v) is 3.42. The van der Waals surface area contributed by atoms with E-state index in [1.54, 1.807) is 24.1 Å². The van der Waals surface area contributed by atoms with Crippen molar-refractivity contribution in [1.82, 2.24) is 0 Å². The van der Waals surface area contributed by atoms with Gasteiger partial charge in [-0.1, -0.05) is 25.1 Å². The number of benzene rings is 1. The first-order valence-corrected chi connectivity index (χ1v) is 5.18. The molecule has 2 heteroatoms. The Labute approximate surface area is 91.2 Å². The largest absolute Gasteiger partial charge is 0.312 e. The molecular formula is C13H17NO. The standard InChI is InChI=1S/C13H17NO/c1-4-6-13(15)14(3)12-9-7-11(5-2)8-10-12/h4,6-10H,5H2,1-3H3. The van der Waals surface area contributed by atoms with E-state index in [4.69, 9.17) is 0 Å². The highest BCUT2D eigenvalue weighted by molar-refractivity contribution is 6.00. The molecule has 0 atom stereocenters. The van der Waals surface area contributed by atoms with E-state index in [9.17, 15) is 4.79 Å². The fourth-order valence-electron chi connectivity index (χ4n) is 1.34. The molecule has 0 fully saturated rings. The zero-order chi connectivity index (χ0) is 11.3. The van der Waals surface area contributed by atoms with Crippen molar-refractivity contribution in [2.24, 2.45) is 0 Å². The first-order valence-electron chi connectivity index (χ1n) is 5.18. The molecule has 0 aliphatic heterocycles. The highest BCUT2D eigenvalue weighted by Crippen LogP contribution is 2.14. The van der Waals surface area contributed by atoms with E-state index in [1.165, 1.54) is 5.56 Å². The minimum absolute atomic E-state index is 0.00162. The molecule has 80 valence electrons. The summed E-state index contributed by atoms with van der Waals surface area (Å²) in [5, 5.41) is 0. The van der Waals surface area contributed by atoms with Crippen molar-refractivity contribution >= 4 is 11.6 Å². The number of amides is 1. The minimum Gasteiger partial charge on any atom is -0.312 e. The van der Waals surface area contributed by atoms with Gasteiger partial charge in [0.25, 0.3) is 0 Å². The molecule has 0 radical (unpaired) electrons. The van der Waals surface area contributed by atoms with Crippen LogP contribution in [0.1, 0.15) is 19.4 Å². The summed E-state index contributed by atoms with van der Waals surface area (Å²) in [6.45, 7) is 3.95. The van der Waals surface area contributed by atoms with Crippen LogP contribution >= 0.6 is 0 Å². The Hall–Kier alpha value is -1.57. The van der Waals surface area contributed by atoms with Gasteiger partial charge in [0.1, 0.15) is 0 Å². The number of aryl methyl sites for hydroxylation is 1. The quantitative estimate of drug-likeness (QED) is 0.692. The van der Waals surface area contributed by atoms with Crippen LogP contribution < -0.4 is 4.90 Å². The number of carbonyl (C=O) groups is 1. The highest BCUT2D eigenvalue weighted by Gasteiger charge is 2.06. The molecule has 0 aliphatic carbocycles. The molecule has 1 aromatic carbocycles. The van der Waals surface area contributed by atoms with Gasteiger partial charge in [-0.05, 0) is 37.1 Å². The van der Waals surface area contributed by atoms with Crippen LogP contribution in [0.2, 0.25) is 0 Å². The van der Waals surface area contributed by atoms with Gasteiger partial charge >= 0.3 is 0 Å². The first kappa shape index (κ1) is 11.5. The van der Waals surface area contributed by atoms with Gasteiger partial charge in [0.05, 0.1) is 0 Å². The smallest absolute Gasteiger partial charge is 0.250 e. The molecule has 15 heavy (non-hydrogen) atoms. The van der Waals surface area contributed by atoms with Gasteiger partial charge in [0.15, 0.2) is 0 Å². The summed E-state index contributed by atoms with van der Waals surface area (Å²) in [5.74, 6) is 0.00162. The number of anilines is 1. The Bertz CT molecular complexity index is 351. The third-order valence-corrected chi connectivity index (χ3v) is 2.37. The number of likely N-dealkylation sites (N-methyl/N-ethyl adjacent to an activating group) is 1. The Balaban J connectivity index is 2.82. The molecule has 0 spiro atoms. The summed E-state index contributed by atoms with van der Waals surface area (Å²) in [5.41, 5.74) is 2.21. The van der Waals surface area contributed by atoms with E-state index in [2.05, 4.69) is 19.1 Å². The fourth-order valence-corrected chi connectivity index (χ4v) is 1.34. The number of rotatable bonds is 3. The van der Waals surface area contributed by atoms with Gasteiger partial charge in [-0.15, -0.1) is 0 Å². The molecule has 1 amide bonds. The number of nitrogens with zero attached hydrogens (tertiary/aromatic N) is 1. The van der Waals surface area contributed by atoms with Crippen LogP contribution in [0.5, 0.6) is 0 Å². The average molecular weight is 203 g/mol. The molecular weight excluding hydrogens is 186 g/mol. The van der Waals surface area contributed by atoms with Crippen LogP contribution in [0.4, 0.5) is 5.69 Å². The summed E-state index contributed by atoms with van der Waals surface area (Å²) >= 11 is 0. The van der Waals surface area contributed by atoms with Crippen LogP contribution in [0, 0.1) is 0 Å². The molecule has 2 nitrogen and oxygen atoms in total. The summed E-state index contributed by atoms with van der Waals surface area (Å²) in [4.78, 5) is 13.2. The number of carbonyl (C=O) groups excluding carboxylic acids is 1. The lowest BCUT2D eigenvalue weighted by Crippen LogP contribution is -2.23. The SMILES string of the molecule is CC=CC(=O)N(C)c1ccc(CC)cc1. The van der Waals surface area contributed by atoms with E-state index >= 15 is 0 Å². The molecule has 0 unspecified atom stereocenters. The molecule has 1 rings (SSSR count). The van der Waals surface area contributed by atoms with Gasteiger partial charge in [0, 0.05) is 12.7 Å². The monoisotopic (exact) mass is 203 g/mol. The Kier molecular flexibility index (Phi) is 4.10. The van der Waals surface area contributed by atoms with E-state index < -0.39 is 0 Å². The van der Waals surface area contributed by atoms with Gasteiger partial charge < -0.3 is 4.90 Å². The Morgan fingerprint density at radius 1 is 1.33 bits per heavy atom. The maximum atomic E-state index is 11.5. The van der Waals surface area contributed by atoms with Gasteiger partial charge in [0.2, 0.25) is 5.91 Å². The third kappa shape index (κ3) is 2.94. The Morgan fingerprint density at radius 3 is 2.40 bits per heavy atom. The van der Waals surface area contributed by atoms with Crippen LogP contribution in [0.15, 0.2) is 36.4 Å². The van der Waals surface area contributed by atoms with Crippen LogP contribution in [-0.4, -0.2) is 13.0 Å². The number of hydrogen-bond donors (Lipinski definition) is 0. The van der Waals surface area contributed by atoms with E-state index in [-0.39, 0.29) is 5.91 Å². The van der Waals surface area contributed by atoms with Crippen LogP contribution in [0.3, 0.4) is 0 Å². The van der Waals surface area contributed by atoms with E-state index in [1.807, 2.05) is 19.1 Å². The normalized spacial score (nSPS) is 10.6. The van der Waals surface area contributed by atoms with E-state index in [0.29, 0.717) is 0 Å². The van der Waals surface area contributed by atoms with Gasteiger partial charge in [-0.2, -0.15) is 0 Å². The number of allylic oxidation sites excluding steroid dienone is 1. The molecule has 0 N–H and O–H groups in total. The molecule has 0 aliphatic rings. The molecule has 0 bridgehead atoms. The Morgan fingerprint density at radius 2 is 1.93 bits per heavy atom. The fraction of sp³-hybridized carbons (Fsp3) is 0.308. The summed E-state index contributed by atoms with van der Waals surface area (Å²) in [6, 6.07) is 8.05. The van der Waals surface area contributed by atoms with Crippen molar-refractivity contribution < 1.29 is 4.79 Å². The maximum Gasteiger partial charge on any atom is 0.250 e. The molecule has 0 saturated carbocycles. The highest BCUT2D eigenvalue weighted by atomic mass is 16.2. The van der Waals surface area contributed by atoms with E-state index in [0.717, 1.165) is 12.1 Å². The van der Waals surface area contributed by atoms with Crippen LogP contribution in [0.25, 0.3) is 0 Å². The molecule has 0 saturated heterocycles. The summed E-state index contributed by atoms with van der Waals surface area (Å²) in [6.07, 6.45) is 4.33. The third-order valence-electron chi connectivity index (χ3n) is 2.37. The lowest BCUT2D eigenvalue weighted by atomic mass is 10.1. The lowest BCUT2D eigenvalue weighted by Gasteiger charge is -2.15. The van der Waals surface area contributed by atoms with Crippen molar-refractivity contribution in [3.8, 4) is 0 Å². The summed E-state index contributed by atoms with van der Waals surface area (Å²) in [7, 11) is 1.78. The predicted octanol–water partition coefficient (Wildman–Crippen LogP) is 2.79. The average Bonchev–Trinajstić information content (AvgIpc) is 2.28. The second kappa shape index (κ2) is 5.35. The lowest BCUT2D eigenvalue weighted by molar-refractivity contribution is -0.113. The molecule has 1 aromatic rings. The van der Waals surface area contributed by atoms with Crippen molar-refractivity contribution in [1.29, 1.82) is 0 Å². The van der Waals surface area contributed by atoms with Gasteiger partial charge in [-0.25, -0.2) is 0 Å². The van der Waals surface area contributed by atoms with Crippen molar-refractivity contribution in [3.05, 3.63) is 42.0 Å². The zero-order valence-corrected chi connectivity index (χ0v) is 9.53. The van der Waals surface area contributed by atoms with Crippen molar-refractivity contribution in [2.75, 3.05) is 11.9 Å². The van der Waals surface area contributed by atoms with Crippen LogP contribution in [-0.2, 0) is 11.2 Å². The first-order chi connectivity index (χ1) is 7.19. The van der Waals surface area contributed by atoms with Crippen molar-refractivity contribution in [2.45, 2.75) is 20.3 Å². The van der Waals surface area contributed by atoms with Gasteiger partial charge in [-0.3, -0.25) is 4.79 Å².